The number of methoxy groups -OCH3 is 1. The van der Waals surface area contributed by atoms with Crippen molar-refractivity contribution in [1.29, 1.82) is 0 Å². The highest BCUT2D eigenvalue weighted by Crippen LogP contribution is 2.36. The summed E-state index contributed by atoms with van der Waals surface area (Å²) in [5.74, 6) is 0.165. The Morgan fingerprint density at radius 1 is 1.24 bits per heavy atom. The second-order valence-corrected chi connectivity index (χ2v) is 11.2. The van der Waals surface area contributed by atoms with Gasteiger partial charge in [-0.3, -0.25) is 9.36 Å². The van der Waals surface area contributed by atoms with E-state index in [1.54, 1.807) is 29.7 Å². The zero-order valence-electron chi connectivity index (χ0n) is 22.1. The van der Waals surface area contributed by atoms with Gasteiger partial charge in [0.2, 0.25) is 0 Å². The fourth-order valence-electron chi connectivity index (χ4n) is 4.48. The lowest BCUT2D eigenvalue weighted by Crippen LogP contribution is -2.40. The first-order valence-corrected chi connectivity index (χ1v) is 14.2. The van der Waals surface area contributed by atoms with E-state index in [2.05, 4.69) is 29.8 Å². The number of esters is 1. The summed E-state index contributed by atoms with van der Waals surface area (Å²) in [4.78, 5) is 32.5. The van der Waals surface area contributed by atoms with Gasteiger partial charge in [-0.05, 0) is 70.1 Å². The number of nitrogens with zero attached hydrogens (tertiary/aromatic N) is 2. The Kier molecular flexibility index (Phi) is 8.57. The Balaban J connectivity index is 1.98. The maximum atomic E-state index is 13.9. The van der Waals surface area contributed by atoms with Crippen molar-refractivity contribution in [2.45, 2.75) is 52.5 Å². The lowest BCUT2D eigenvalue weighted by atomic mass is 9.92. The van der Waals surface area contributed by atoms with E-state index in [1.807, 2.05) is 31.2 Å². The molecule has 1 atom stereocenters. The number of thiazole rings is 1. The average Bonchev–Trinajstić information content (AvgIpc) is 3.19. The first-order valence-electron chi connectivity index (χ1n) is 12.6. The number of aromatic nitrogens is 1. The average molecular weight is 600 g/mol. The Bertz CT molecular complexity index is 1570. The van der Waals surface area contributed by atoms with Crippen LogP contribution in [0.5, 0.6) is 11.5 Å². The van der Waals surface area contributed by atoms with E-state index in [1.165, 1.54) is 24.0 Å². The largest absolute Gasteiger partial charge is 0.503 e. The van der Waals surface area contributed by atoms with Crippen LogP contribution >= 0.6 is 27.3 Å². The number of halogens is 1. The van der Waals surface area contributed by atoms with Crippen molar-refractivity contribution in [2.24, 2.45) is 4.99 Å². The van der Waals surface area contributed by atoms with Crippen LogP contribution in [0.3, 0.4) is 0 Å². The zero-order valence-corrected chi connectivity index (χ0v) is 24.5. The zero-order chi connectivity index (χ0) is 27.6. The van der Waals surface area contributed by atoms with Crippen LogP contribution in [-0.4, -0.2) is 29.4 Å². The number of rotatable bonds is 8. The monoisotopic (exact) mass is 598 g/mol. The second kappa shape index (κ2) is 11.7. The van der Waals surface area contributed by atoms with Crippen molar-refractivity contribution in [3.63, 3.8) is 0 Å². The van der Waals surface area contributed by atoms with E-state index >= 15 is 0 Å². The summed E-state index contributed by atoms with van der Waals surface area (Å²) in [5, 5.41) is 10.2. The number of benzene rings is 2. The van der Waals surface area contributed by atoms with Gasteiger partial charge in [-0.25, -0.2) is 9.79 Å². The number of carbonyl (C=O) groups excluding carboxylic acids is 1. The van der Waals surface area contributed by atoms with Crippen molar-refractivity contribution in [3.8, 4) is 11.5 Å². The number of hydrogen-bond acceptors (Lipinski definition) is 7. The molecular weight excluding hydrogens is 568 g/mol. The molecule has 1 aromatic heterocycles. The van der Waals surface area contributed by atoms with Gasteiger partial charge in [0.05, 0.1) is 40.0 Å². The number of carbonyl (C=O) groups is 1. The van der Waals surface area contributed by atoms with Crippen LogP contribution in [0, 0.1) is 0 Å². The Labute approximate surface area is 233 Å². The third-order valence-electron chi connectivity index (χ3n) is 6.38. The van der Waals surface area contributed by atoms with Gasteiger partial charge >= 0.3 is 5.97 Å². The van der Waals surface area contributed by atoms with Crippen LogP contribution in [0.4, 0.5) is 0 Å². The molecule has 1 N–H and O–H groups in total. The van der Waals surface area contributed by atoms with Crippen LogP contribution < -0.4 is 19.6 Å². The number of phenolic OH excluding ortho intramolecular Hbond substituents is 1. The van der Waals surface area contributed by atoms with Gasteiger partial charge in [-0.15, -0.1) is 0 Å². The molecule has 0 unspecified atom stereocenters. The van der Waals surface area contributed by atoms with Crippen molar-refractivity contribution < 1.29 is 19.4 Å². The fourth-order valence-corrected chi connectivity index (χ4v) is 5.96. The van der Waals surface area contributed by atoms with E-state index in [0.717, 1.165) is 12.0 Å². The highest BCUT2D eigenvalue weighted by molar-refractivity contribution is 9.10. The third-order valence-corrected chi connectivity index (χ3v) is 7.97. The van der Waals surface area contributed by atoms with Crippen LogP contribution in [0.2, 0.25) is 0 Å². The van der Waals surface area contributed by atoms with Crippen molar-refractivity contribution in [3.05, 3.63) is 88.5 Å². The molecule has 7 nitrogen and oxygen atoms in total. The number of ether oxygens (including phenoxy) is 2. The highest BCUT2D eigenvalue weighted by Gasteiger charge is 2.34. The van der Waals surface area contributed by atoms with Gasteiger partial charge in [-0.2, -0.15) is 0 Å². The molecule has 200 valence electrons. The van der Waals surface area contributed by atoms with Crippen molar-refractivity contribution >= 4 is 39.3 Å². The quantitative estimate of drug-likeness (QED) is 0.361. The lowest BCUT2D eigenvalue weighted by molar-refractivity contribution is -0.139. The molecule has 0 amide bonds. The predicted molar refractivity (Wildman–Crippen MR) is 153 cm³/mol. The maximum absolute atomic E-state index is 13.9. The highest BCUT2D eigenvalue weighted by atomic mass is 79.9. The molecule has 2 heterocycles. The first kappa shape index (κ1) is 27.9. The summed E-state index contributed by atoms with van der Waals surface area (Å²) >= 11 is 4.61. The molecule has 0 spiro atoms. The SMILES string of the molecule is CCCC1=C(C(=O)OCC)[C@@H](c2ccc(C(C)C)cc2)n2c(s/c(=C\c3cc(Br)c(O)c(OC)c3)c2=O)=N1. The third kappa shape index (κ3) is 5.35. The smallest absolute Gasteiger partial charge is 0.338 e. The van der Waals surface area contributed by atoms with Gasteiger partial charge in [0, 0.05) is 0 Å². The summed E-state index contributed by atoms with van der Waals surface area (Å²) < 4.78 is 13.2. The van der Waals surface area contributed by atoms with Crippen LogP contribution in [0.1, 0.15) is 69.2 Å². The predicted octanol–water partition coefficient (Wildman–Crippen LogP) is 5.18. The molecule has 9 heteroatoms. The topological polar surface area (TPSA) is 90.1 Å². The van der Waals surface area contributed by atoms with Crippen LogP contribution in [-0.2, 0) is 9.53 Å². The van der Waals surface area contributed by atoms with E-state index in [4.69, 9.17) is 14.5 Å². The molecule has 4 rings (SSSR count). The minimum absolute atomic E-state index is 0.0146. The van der Waals surface area contributed by atoms with E-state index in [9.17, 15) is 14.7 Å². The summed E-state index contributed by atoms with van der Waals surface area (Å²) in [5.41, 5.74) is 3.45. The van der Waals surface area contributed by atoms with Gasteiger partial charge in [-0.1, -0.05) is 62.8 Å². The Morgan fingerprint density at radius 3 is 2.55 bits per heavy atom. The lowest BCUT2D eigenvalue weighted by Gasteiger charge is -2.26. The van der Waals surface area contributed by atoms with Gasteiger partial charge in [0.25, 0.3) is 5.56 Å². The maximum Gasteiger partial charge on any atom is 0.338 e. The summed E-state index contributed by atoms with van der Waals surface area (Å²) in [7, 11) is 1.47. The summed E-state index contributed by atoms with van der Waals surface area (Å²) in [6.07, 6.45) is 3.11. The first-order chi connectivity index (χ1) is 18.2. The standard InChI is InChI=1S/C29H31BrN2O5S/c1-6-8-21-24(28(35)37-7-2)25(19-11-9-18(10-12-19)16(3)4)32-27(34)23(38-29(32)31-21)15-17-13-20(30)26(33)22(14-17)36-5/h9-16,25,33H,6-8H2,1-5H3/b23-15-/t25-/m1/s1. The minimum Gasteiger partial charge on any atom is -0.503 e. The molecule has 38 heavy (non-hydrogen) atoms. The molecule has 0 saturated carbocycles. The molecule has 2 aromatic carbocycles. The Morgan fingerprint density at radius 2 is 1.95 bits per heavy atom. The molecule has 3 aromatic rings. The summed E-state index contributed by atoms with van der Waals surface area (Å²) in [6, 6.07) is 10.8. The fraction of sp³-hybridized carbons (Fsp3) is 0.345. The number of hydrogen-bond donors (Lipinski definition) is 1. The van der Waals surface area contributed by atoms with E-state index in [0.29, 0.717) is 43.0 Å². The molecule has 0 aliphatic carbocycles. The number of phenols is 1. The summed E-state index contributed by atoms with van der Waals surface area (Å²) in [6.45, 7) is 8.27. The van der Waals surface area contributed by atoms with Gasteiger partial charge < -0.3 is 14.6 Å². The molecule has 1 aliphatic heterocycles. The number of allylic oxidation sites excluding steroid dienone is 1. The van der Waals surface area contributed by atoms with E-state index < -0.39 is 12.0 Å². The van der Waals surface area contributed by atoms with Gasteiger partial charge in [0.15, 0.2) is 16.3 Å². The van der Waals surface area contributed by atoms with Crippen LogP contribution in [0.15, 0.2) is 61.9 Å². The van der Waals surface area contributed by atoms with Crippen molar-refractivity contribution in [2.75, 3.05) is 13.7 Å². The second-order valence-electron chi connectivity index (χ2n) is 9.29. The Hall–Kier alpha value is -3.17. The molecule has 0 radical (unpaired) electrons. The molecule has 0 fully saturated rings. The number of aromatic hydroxyl groups is 1. The molecule has 0 bridgehead atoms. The van der Waals surface area contributed by atoms with Gasteiger partial charge in [0.1, 0.15) is 0 Å². The minimum atomic E-state index is -0.656. The van der Waals surface area contributed by atoms with Crippen LogP contribution in [0.25, 0.3) is 6.08 Å². The molecular formula is C29H31BrN2O5S. The number of fused-ring (bicyclic) bond motifs is 1. The molecule has 1 aliphatic rings. The van der Waals surface area contributed by atoms with E-state index in [-0.39, 0.29) is 23.7 Å². The van der Waals surface area contributed by atoms with Crippen molar-refractivity contribution in [1.82, 2.24) is 4.57 Å². The molecule has 0 saturated heterocycles. The normalized spacial score (nSPS) is 15.4.